The number of aldehydes is 1. The van der Waals surface area contributed by atoms with Crippen LogP contribution in [-0.4, -0.2) is 11.3 Å². The van der Waals surface area contributed by atoms with Gasteiger partial charge in [0.25, 0.3) is 0 Å². The van der Waals surface area contributed by atoms with Gasteiger partial charge in [-0.25, -0.2) is 4.98 Å². The predicted molar refractivity (Wildman–Crippen MR) is 63.0 cm³/mol. The van der Waals surface area contributed by atoms with E-state index in [1.807, 2.05) is 31.2 Å². The second-order valence-electron chi connectivity index (χ2n) is 3.39. The minimum atomic E-state index is 0.404. The third-order valence-corrected chi connectivity index (χ3v) is 2.91. The minimum Gasteiger partial charge on any atom is -0.486 e. The number of aryl methyl sites for hydroxylation is 1. The summed E-state index contributed by atoms with van der Waals surface area (Å²) in [6.45, 7) is 2.43. The van der Waals surface area contributed by atoms with Gasteiger partial charge in [-0.2, -0.15) is 0 Å². The first kappa shape index (κ1) is 10.8. The van der Waals surface area contributed by atoms with Crippen LogP contribution in [0.4, 0.5) is 0 Å². The molecule has 0 bridgehead atoms. The van der Waals surface area contributed by atoms with Gasteiger partial charge in [0.1, 0.15) is 23.1 Å². The van der Waals surface area contributed by atoms with Crippen molar-refractivity contribution in [3.8, 4) is 5.75 Å². The summed E-state index contributed by atoms with van der Waals surface area (Å²) in [6, 6.07) is 7.83. The standard InChI is InChI=1S/C12H11NO2S/c1-9-2-4-11(5-3-9)15-7-12-13-10(6-14)8-16-12/h2-6,8H,7H2,1H3. The third kappa shape index (κ3) is 2.67. The minimum absolute atomic E-state index is 0.404. The predicted octanol–water partition coefficient (Wildman–Crippen LogP) is 2.84. The van der Waals surface area contributed by atoms with E-state index >= 15 is 0 Å². The fourth-order valence-electron chi connectivity index (χ4n) is 1.23. The van der Waals surface area contributed by atoms with Crippen molar-refractivity contribution in [1.82, 2.24) is 4.98 Å². The Morgan fingerprint density at radius 1 is 1.38 bits per heavy atom. The van der Waals surface area contributed by atoms with Gasteiger partial charge in [0, 0.05) is 5.38 Å². The Kier molecular flexibility index (Phi) is 3.31. The quantitative estimate of drug-likeness (QED) is 0.762. The molecule has 0 unspecified atom stereocenters. The molecule has 0 saturated carbocycles. The number of aromatic nitrogens is 1. The first-order chi connectivity index (χ1) is 7.78. The summed E-state index contributed by atoms with van der Waals surface area (Å²) in [5.74, 6) is 0.813. The Labute approximate surface area is 97.7 Å². The normalized spacial score (nSPS) is 10.1. The highest BCUT2D eigenvalue weighted by Crippen LogP contribution is 2.15. The molecule has 2 aromatic rings. The second-order valence-corrected chi connectivity index (χ2v) is 4.33. The highest BCUT2D eigenvalue weighted by atomic mass is 32.1. The molecule has 3 nitrogen and oxygen atoms in total. The lowest BCUT2D eigenvalue weighted by Gasteiger charge is -2.03. The van der Waals surface area contributed by atoms with E-state index in [1.54, 1.807) is 5.38 Å². The van der Waals surface area contributed by atoms with Gasteiger partial charge in [-0.1, -0.05) is 17.7 Å². The Bertz CT molecular complexity index is 476. The van der Waals surface area contributed by atoms with Crippen molar-refractivity contribution < 1.29 is 9.53 Å². The fourth-order valence-corrected chi connectivity index (χ4v) is 1.88. The highest BCUT2D eigenvalue weighted by molar-refractivity contribution is 7.09. The van der Waals surface area contributed by atoms with Gasteiger partial charge in [-0.15, -0.1) is 11.3 Å². The lowest BCUT2D eigenvalue weighted by Crippen LogP contribution is -1.95. The van der Waals surface area contributed by atoms with E-state index in [0.717, 1.165) is 17.0 Å². The molecule has 82 valence electrons. The summed E-state index contributed by atoms with van der Waals surface area (Å²) in [5, 5.41) is 2.53. The molecule has 0 N–H and O–H groups in total. The van der Waals surface area contributed by atoms with Crippen LogP contribution in [0.3, 0.4) is 0 Å². The number of ether oxygens (including phenoxy) is 1. The van der Waals surface area contributed by atoms with Crippen molar-refractivity contribution >= 4 is 17.6 Å². The van der Waals surface area contributed by atoms with E-state index in [-0.39, 0.29) is 0 Å². The Balaban J connectivity index is 1.96. The van der Waals surface area contributed by atoms with Gasteiger partial charge < -0.3 is 4.74 Å². The van der Waals surface area contributed by atoms with Crippen molar-refractivity contribution in [1.29, 1.82) is 0 Å². The number of thiazole rings is 1. The number of rotatable bonds is 4. The lowest BCUT2D eigenvalue weighted by molar-refractivity contribution is 0.111. The van der Waals surface area contributed by atoms with Crippen LogP contribution in [0.2, 0.25) is 0 Å². The maximum atomic E-state index is 10.4. The Hall–Kier alpha value is -1.68. The fraction of sp³-hybridized carbons (Fsp3) is 0.167. The van der Waals surface area contributed by atoms with Crippen molar-refractivity contribution in [2.75, 3.05) is 0 Å². The number of benzene rings is 1. The second kappa shape index (κ2) is 4.90. The van der Waals surface area contributed by atoms with Crippen LogP contribution in [0.1, 0.15) is 21.1 Å². The maximum absolute atomic E-state index is 10.4. The monoisotopic (exact) mass is 233 g/mol. The Morgan fingerprint density at radius 2 is 2.12 bits per heavy atom. The SMILES string of the molecule is Cc1ccc(OCc2nc(C=O)cs2)cc1. The Morgan fingerprint density at radius 3 is 2.75 bits per heavy atom. The van der Waals surface area contributed by atoms with E-state index in [4.69, 9.17) is 4.74 Å². The summed E-state index contributed by atoms with van der Waals surface area (Å²) >= 11 is 1.43. The molecular weight excluding hydrogens is 222 g/mol. The summed E-state index contributed by atoms with van der Waals surface area (Å²) < 4.78 is 5.54. The molecule has 1 heterocycles. The van der Waals surface area contributed by atoms with Gasteiger partial charge in [0.15, 0.2) is 6.29 Å². The molecule has 0 aliphatic rings. The molecule has 0 radical (unpaired) electrons. The van der Waals surface area contributed by atoms with Gasteiger partial charge in [0.2, 0.25) is 0 Å². The summed E-state index contributed by atoms with van der Waals surface area (Å²) in [6.07, 6.45) is 0.742. The zero-order valence-corrected chi connectivity index (χ0v) is 9.66. The molecule has 0 aliphatic carbocycles. The molecular formula is C12H11NO2S. The number of nitrogens with zero attached hydrogens (tertiary/aromatic N) is 1. The smallest absolute Gasteiger partial charge is 0.169 e. The van der Waals surface area contributed by atoms with Gasteiger partial charge in [0.05, 0.1) is 0 Å². The molecule has 0 atom stereocenters. The molecule has 1 aromatic carbocycles. The van der Waals surface area contributed by atoms with Crippen molar-refractivity contribution in [3.05, 3.63) is 45.9 Å². The van der Waals surface area contributed by atoms with Gasteiger partial charge in [-0.05, 0) is 19.1 Å². The molecule has 0 aliphatic heterocycles. The molecule has 1 aromatic heterocycles. The van der Waals surface area contributed by atoms with Crippen LogP contribution >= 0.6 is 11.3 Å². The summed E-state index contributed by atoms with van der Waals surface area (Å²) in [5.41, 5.74) is 1.66. The number of hydrogen-bond donors (Lipinski definition) is 0. The topological polar surface area (TPSA) is 39.2 Å². The molecule has 4 heteroatoms. The number of carbonyl (C=O) groups is 1. The molecule has 2 rings (SSSR count). The van der Waals surface area contributed by atoms with Crippen LogP contribution in [0.5, 0.6) is 5.75 Å². The van der Waals surface area contributed by atoms with Gasteiger partial charge >= 0.3 is 0 Å². The molecule has 0 spiro atoms. The lowest BCUT2D eigenvalue weighted by atomic mass is 10.2. The molecule has 0 saturated heterocycles. The maximum Gasteiger partial charge on any atom is 0.169 e. The summed E-state index contributed by atoms with van der Waals surface area (Å²) in [4.78, 5) is 14.5. The van der Waals surface area contributed by atoms with Crippen LogP contribution < -0.4 is 4.74 Å². The summed E-state index contributed by atoms with van der Waals surface area (Å²) in [7, 11) is 0. The van der Waals surface area contributed by atoms with Crippen molar-refractivity contribution in [2.45, 2.75) is 13.5 Å². The number of carbonyl (C=O) groups excluding carboxylic acids is 1. The molecule has 16 heavy (non-hydrogen) atoms. The average Bonchev–Trinajstić information content (AvgIpc) is 2.76. The molecule has 0 fully saturated rings. The zero-order valence-electron chi connectivity index (χ0n) is 8.84. The van der Waals surface area contributed by atoms with Gasteiger partial charge in [-0.3, -0.25) is 4.79 Å². The van der Waals surface area contributed by atoms with E-state index < -0.39 is 0 Å². The van der Waals surface area contributed by atoms with E-state index in [2.05, 4.69) is 4.98 Å². The van der Waals surface area contributed by atoms with Crippen molar-refractivity contribution in [2.24, 2.45) is 0 Å². The first-order valence-corrected chi connectivity index (χ1v) is 5.75. The molecule has 0 amide bonds. The van der Waals surface area contributed by atoms with E-state index in [1.165, 1.54) is 16.9 Å². The van der Waals surface area contributed by atoms with Crippen LogP contribution in [0.15, 0.2) is 29.6 Å². The largest absolute Gasteiger partial charge is 0.486 e. The van der Waals surface area contributed by atoms with E-state index in [9.17, 15) is 4.79 Å². The third-order valence-electron chi connectivity index (χ3n) is 2.07. The number of hydrogen-bond acceptors (Lipinski definition) is 4. The van der Waals surface area contributed by atoms with Crippen LogP contribution in [0.25, 0.3) is 0 Å². The average molecular weight is 233 g/mol. The van der Waals surface area contributed by atoms with Crippen LogP contribution in [0, 0.1) is 6.92 Å². The highest BCUT2D eigenvalue weighted by Gasteiger charge is 2.01. The van der Waals surface area contributed by atoms with Crippen LogP contribution in [-0.2, 0) is 6.61 Å². The zero-order chi connectivity index (χ0) is 11.4. The first-order valence-electron chi connectivity index (χ1n) is 4.87. The van der Waals surface area contributed by atoms with E-state index in [0.29, 0.717) is 12.3 Å². The van der Waals surface area contributed by atoms with Crippen molar-refractivity contribution in [3.63, 3.8) is 0 Å².